The highest BCUT2D eigenvalue weighted by molar-refractivity contribution is 5.95. The van der Waals surface area contributed by atoms with Crippen LogP contribution in [0, 0.1) is 29.6 Å². The normalized spacial score (nSPS) is 23.0. The number of rotatable bonds is 4. The number of fused-ring (bicyclic) bond motifs is 1. The van der Waals surface area contributed by atoms with Crippen molar-refractivity contribution in [2.75, 3.05) is 13.7 Å². The van der Waals surface area contributed by atoms with Crippen molar-refractivity contribution in [3.05, 3.63) is 64.8 Å². The lowest BCUT2D eigenvalue weighted by Gasteiger charge is -2.53. The number of hydrogen-bond acceptors (Lipinski definition) is 7. The van der Waals surface area contributed by atoms with Crippen molar-refractivity contribution in [2.24, 2.45) is 11.3 Å². The summed E-state index contributed by atoms with van der Waals surface area (Å²) in [5.41, 5.74) is 3.36. The minimum absolute atomic E-state index is 0.0452. The second kappa shape index (κ2) is 10.3. The van der Waals surface area contributed by atoms with E-state index in [9.17, 15) is 20.0 Å². The van der Waals surface area contributed by atoms with Crippen LogP contribution in [0.3, 0.4) is 0 Å². The number of ether oxygens (including phenoxy) is 2. The van der Waals surface area contributed by atoms with Gasteiger partial charge >= 0.3 is 12.1 Å². The zero-order valence-corrected chi connectivity index (χ0v) is 23.9. The number of hydrogen-bond donors (Lipinski definition) is 1. The Kier molecular flexibility index (Phi) is 7.13. The van der Waals surface area contributed by atoms with Crippen molar-refractivity contribution >= 4 is 23.0 Å². The third-order valence-electron chi connectivity index (χ3n) is 8.45. The summed E-state index contributed by atoms with van der Waals surface area (Å²) < 4.78 is 12.0. The molecule has 0 bridgehead atoms. The molecule has 5 rings (SSSR count). The number of benzene rings is 2. The smallest absolute Gasteiger partial charge is 0.419 e. The van der Waals surface area contributed by atoms with E-state index in [2.05, 4.69) is 11.0 Å². The molecule has 2 fully saturated rings. The van der Waals surface area contributed by atoms with E-state index in [-0.39, 0.29) is 29.1 Å². The topological polar surface area (TPSA) is 105 Å². The fraction of sp³-hybridized carbons (Fsp3) is 0.469. The number of aromatic hydroxyl groups is 1. The molecule has 0 radical (unpaired) electrons. The number of piperidine rings is 1. The van der Waals surface area contributed by atoms with E-state index >= 15 is 0 Å². The molecule has 1 aliphatic carbocycles. The average molecular weight is 544 g/mol. The van der Waals surface area contributed by atoms with Crippen LogP contribution in [-0.4, -0.2) is 45.9 Å². The zero-order chi connectivity index (χ0) is 28.8. The number of carbonyl (C=O) groups is 2. The average Bonchev–Trinajstić information content (AvgIpc) is 3.34. The van der Waals surface area contributed by atoms with Crippen LogP contribution in [-0.2, 0) is 16.0 Å². The van der Waals surface area contributed by atoms with Crippen LogP contribution in [0.2, 0.25) is 0 Å². The lowest BCUT2D eigenvalue weighted by atomic mass is 9.56. The summed E-state index contributed by atoms with van der Waals surface area (Å²) in [5, 5.41) is 21.4. The fourth-order valence-corrected chi connectivity index (χ4v) is 6.51. The van der Waals surface area contributed by atoms with E-state index in [0.717, 1.165) is 59.8 Å². The Morgan fingerprint density at radius 3 is 2.48 bits per heavy atom. The Hall–Kier alpha value is -3.83. The summed E-state index contributed by atoms with van der Waals surface area (Å²) in [6.07, 6.45) is 4.95. The van der Waals surface area contributed by atoms with Gasteiger partial charge in [-0.1, -0.05) is 12.1 Å². The summed E-state index contributed by atoms with van der Waals surface area (Å²) >= 11 is 0. The van der Waals surface area contributed by atoms with Crippen molar-refractivity contribution in [1.29, 1.82) is 5.26 Å². The number of methoxy groups -OCH3 is 1. The van der Waals surface area contributed by atoms with Gasteiger partial charge in [-0.3, -0.25) is 9.47 Å². The van der Waals surface area contributed by atoms with Gasteiger partial charge in [0.1, 0.15) is 11.4 Å². The summed E-state index contributed by atoms with van der Waals surface area (Å²) in [7, 11) is 1.37. The second-order valence-corrected chi connectivity index (χ2v) is 12.4. The number of carbonyl (C=O) groups excluding carboxylic acids is 2. The molecule has 1 spiro atoms. The van der Waals surface area contributed by atoms with E-state index in [1.807, 2.05) is 45.9 Å². The number of esters is 1. The third-order valence-corrected chi connectivity index (χ3v) is 8.45. The lowest BCUT2D eigenvalue weighted by molar-refractivity contribution is -0.0298. The second-order valence-electron chi connectivity index (χ2n) is 12.4. The molecule has 2 aromatic carbocycles. The number of likely N-dealkylation sites (tertiary alicyclic amines) is 1. The monoisotopic (exact) mass is 543 g/mol. The number of aryl methyl sites for hydroxylation is 1. The predicted octanol–water partition coefficient (Wildman–Crippen LogP) is 6.48. The van der Waals surface area contributed by atoms with Crippen LogP contribution in [0.5, 0.6) is 5.75 Å². The molecule has 40 heavy (non-hydrogen) atoms. The van der Waals surface area contributed by atoms with Crippen LogP contribution in [0.4, 0.5) is 4.79 Å². The third kappa shape index (κ3) is 5.18. The Labute approximate surface area is 235 Å². The van der Waals surface area contributed by atoms with Gasteiger partial charge < -0.3 is 14.6 Å². The maximum Gasteiger partial charge on any atom is 0.419 e. The van der Waals surface area contributed by atoms with E-state index in [1.165, 1.54) is 11.7 Å². The van der Waals surface area contributed by atoms with Gasteiger partial charge in [-0.15, -0.1) is 0 Å². The van der Waals surface area contributed by atoms with Gasteiger partial charge in [0.05, 0.1) is 24.3 Å². The van der Waals surface area contributed by atoms with Crippen molar-refractivity contribution < 1.29 is 24.2 Å². The maximum absolute atomic E-state index is 13.0. The molecule has 1 N–H and O–H groups in total. The SMILES string of the molecule is COC(=O)c1ccc([C@@H]2CC3(CCN2Cc2c(O)cc(C)c4c2ccn4C(=O)OC(C)(C)C)CC(C#N)C3)cc1. The Balaban J connectivity index is 1.49. The number of phenolic OH excluding ortho intramolecular Hbond substituents is 1. The van der Waals surface area contributed by atoms with Crippen LogP contribution in [0.25, 0.3) is 10.9 Å². The van der Waals surface area contributed by atoms with Gasteiger partial charge in [0.25, 0.3) is 0 Å². The van der Waals surface area contributed by atoms with Gasteiger partial charge in [0, 0.05) is 35.7 Å². The van der Waals surface area contributed by atoms with Gasteiger partial charge in [-0.2, -0.15) is 5.26 Å². The first-order chi connectivity index (χ1) is 18.9. The van der Waals surface area contributed by atoms with Gasteiger partial charge in [-0.05, 0) is 101 Å². The van der Waals surface area contributed by atoms with Gasteiger partial charge in [0.2, 0.25) is 0 Å². The highest BCUT2D eigenvalue weighted by Gasteiger charge is 2.49. The molecule has 2 heterocycles. The first kappa shape index (κ1) is 27.7. The van der Waals surface area contributed by atoms with Crippen molar-refractivity contribution in [3.8, 4) is 11.8 Å². The van der Waals surface area contributed by atoms with Crippen molar-refractivity contribution in [3.63, 3.8) is 0 Å². The fourth-order valence-electron chi connectivity index (χ4n) is 6.51. The molecule has 1 aliphatic heterocycles. The minimum atomic E-state index is -0.631. The molecule has 1 aromatic heterocycles. The number of nitrogens with zero attached hydrogens (tertiary/aromatic N) is 3. The van der Waals surface area contributed by atoms with E-state index in [4.69, 9.17) is 9.47 Å². The van der Waals surface area contributed by atoms with Crippen LogP contribution in [0.15, 0.2) is 42.6 Å². The molecule has 8 heteroatoms. The van der Waals surface area contributed by atoms with E-state index in [0.29, 0.717) is 12.1 Å². The zero-order valence-electron chi connectivity index (χ0n) is 23.9. The van der Waals surface area contributed by atoms with Crippen molar-refractivity contribution in [2.45, 2.75) is 71.6 Å². The van der Waals surface area contributed by atoms with Gasteiger partial charge in [0.15, 0.2) is 0 Å². The highest BCUT2D eigenvalue weighted by atomic mass is 16.6. The molecule has 210 valence electrons. The molecule has 1 saturated heterocycles. The molecular weight excluding hydrogens is 506 g/mol. The molecule has 3 aromatic rings. The predicted molar refractivity (Wildman–Crippen MR) is 151 cm³/mol. The van der Waals surface area contributed by atoms with Crippen molar-refractivity contribution in [1.82, 2.24) is 9.47 Å². The summed E-state index contributed by atoms with van der Waals surface area (Å²) in [6.45, 7) is 8.68. The number of aromatic nitrogens is 1. The summed E-state index contributed by atoms with van der Waals surface area (Å²) in [5.74, 6) is -0.0664. The lowest BCUT2D eigenvalue weighted by Crippen LogP contribution is -2.48. The standard InChI is InChI=1S/C32H37N3O5/c1-20-14-27(36)25(24-10-12-35(28(20)24)30(38)40-31(2,3)4)19-34-13-11-32(15-21(16-32)18-33)17-26(34)22-6-8-23(9-7-22)29(37)39-5/h6-10,12,14,21,26,36H,11,13,15-17,19H2,1-5H3/t21?,26-,32?/m0/s1. The maximum atomic E-state index is 13.0. The van der Waals surface area contributed by atoms with Crippen LogP contribution in [0.1, 0.15) is 79.5 Å². The molecule has 0 amide bonds. The van der Waals surface area contributed by atoms with Gasteiger partial charge in [-0.25, -0.2) is 9.59 Å². The molecular formula is C32H37N3O5. The van der Waals surface area contributed by atoms with E-state index < -0.39 is 11.7 Å². The molecule has 1 atom stereocenters. The molecule has 8 nitrogen and oxygen atoms in total. The Morgan fingerprint density at radius 2 is 1.85 bits per heavy atom. The Morgan fingerprint density at radius 1 is 1.15 bits per heavy atom. The highest BCUT2D eigenvalue weighted by Crippen LogP contribution is 2.56. The quantitative estimate of drug-likeness (QED) is 0.375. The first-order valence-corrected chi connectivity index (χ1v) is 13.8. The molecule has 1 saturated carbocycles. The number of nitriles is 1. The van der Waals surface area contributed by atoms with Crippen LogP contribution >= 0.6 is 0 Å². The van der Waals surface area contributed by atoms with Crippen LogP contribution < -0.4 is 0 Å². The summed E-state index contributed by atoms with van der Waals surface area (Å²) in [4.78, 5) is 27.4. The molecule has 2 aliphatic rings. The minimum Gasteiger partial charge on any atom is -0.508 e. The Bertz CT molecular complexity index is 1490. The van der Waals surface area contributed by atoms with E-state index in [1.54, 1.807) is 24.4 Å². The summed E-state index contributed by atoms with van der Waals surface area (Å²) in [6, 6.07) is 13.6. The molecule has 0 unspecified atom stereocenters. The number of phenols is 1. The largest absolute Gasteiger partial charge is 0.508 e. The first-order valence-electron chi connectivity index (χ1n) is 13.8.